The molecule has 0 bridgehead atoms. The third-order valence-corrected chi connectivity index (χ3v) is 32.1. The molecule has 20 aromatic rings. The Bertz CT molecular complexity index is 8080. The first-order valence-corrected chi connectivity index (χ1v) is 48.7. The van der Waals surface area contributed by atoms with Gasteiger partial charge in [-0.3, -0.25) is 0 Å². The molecule has 8 aliphatic rings. The number of nitrogens with zero attached hydrogens (tertiary/aromatic N) is 4. The number of benzene rings is 19. The van der Waals surface area contributed by atoms with Crippen molar-refractivity contribution in [2.75, 3.05) is 19.6 Å². The molecule has 0 N–H and O–H groups in total. The van der Waals surface area contributed by atoms with Crippen LogP contribution in [0.3, 0.4) is 0 Å². The van der Waals surface area contributed by atoms with E-state index >= 15 is 0 Å². The minimum atomic E-state index is -0.678. The van der Waals surface area contributed by atoms with Crippen molar-refractivity contribution in [2.45, 2.75) is 102 Å². The van der Waals surface area contributed by atoms with Gasteiger partial charge in [-0.15, -0.1) is 0 Å². The van der Waals surface area contributed by atoms with Crippen LogP contribution in [0.4, 0.5) is 68.2 Å². The summed E-state index contributed by atoms with van der Waals surface area (Å²) in [4.78, 5) is 10.5. The van der Waals surface area contributed by atoms with Gasteiger partial charge in [0.1, 0.15) is 34.2 Å². The minimum absolute atomic E-state index is 0.282. The van der Waals surface area contributed by atoms with Crippen LogP contribution in [0.2, 0.25) is 0 Å². The summed E-state index contributed by atoms with van der Waals surface area (Å²) in [6.07, 6.45) is 0. The topological polar surface area (TPSA) is 44.6 Å². The first-order chi connectivity index (χ1) is 67.2. The van der Waals surface area contributed by atoms with Crippen LogP contribution in [0.5, 0.6) is 23.0 Å². The second-order valence-electron chi connectivity index (χ2n) is 42.1. The Hall–Kier alpha value is -16.2. The van der Waals surface area contributed by atoms with Crippen molar-refractivity contribution in [3.05, 3.63) is 484 Å². The third kappa shape index (κ3) is 11.0. The van der Waals surface area contributed by atoms with E-state index in [0.29, 0.717) is 0 Å². The molecule has 138 heavy (non-hydrogen) atoms. The summed E-state index contributed by atoms with van der Waals surface area (Å²) < 4.78 is 22.0. The average molecular weight is 1770 g/mol. The van der Waals surface area contributed by atoms with Gasteiger partial charge in [0.25, 0.3) is 6.71 Å². The molecule has 8 heteroatoms. The normalized spacial score (nSPS) is 15.3. The molecule has 0 fully saturated rings. The highest BCUT2D eigenvalue weighted by Crippen LogP contribution is 2.67. The van der Waals surface area contributed by atoms with Crippen molar-refractivity contribution in [3.63, 3.8) is 0 Å². The summed E-state index contributed by atoms with van der Waals surface area (Å²) in [6, 6.07) is 155. The van der Waals surface area contributed by atoms with Crippen LogP contribution < -0.4 is 45.5 Å². The summed E-state index contributed by atoms with van der Waals surface area (Å²) >= 11 is 0. The maximum absolute atomic E-state index is 7.57. The Morgan fingerprint density at radius 3 is 0.986 bits per heavy atom. The van der Waals surface area contributed by atoms with Crippen LogP contribution in [0, 0.1) is 0 Å². The van der Waals surface area contributed by atoms with Crippen molar-refractivity contribution < 1.29 is 13.9 Å². The van der Waals surface area contributed by atoms with Gasteiger partial charge in [-0.05, 0) is 255 Å². The average Bonchev–Trinajstić information content (AvgIpc) is 0.712. The lowest BCUT2D eigenvalue weighted by atomic mass is 9.33. The molecule has 28 rings (SSSR count). The lowest BCUT2D eigenvalue weighted by Crippen LogP contribution is -2.61. The summed E-state index contributed by atoms with van der Waals surface area (Å²) in [5, 5.41) is 2.11. The van der Waals surface area contributed by atoms with Crippen molar-refractivity contribution in [3.8, 4) is 78.6 Å². The molecule has 19 aromatic carbocycles. The van der Waals surface area contributed by atoms with Crippen LogP contribution in [0.25, 0.3) is 77.6 Å². The van der Waals surface area contributed by atoms with E-state index in [-0.39, 0.29) is 28.4 Å². The molecule has 0 amide bonds. The fraction of sp³-hybridized carbons (Fsp3) is 0.123. The number of anilines is 12. The van der Waals surface area contributed by atoms with Crippen molar-refractivity contribution in [2.24, 2.45) is 0 Å². The van der Waals surface area contributed by atoms with E-state index in [2.05, 4.69) is 495 Å². The molecular weight excluding hydrogens is 1680 g/mol. The number of ether oxygens (including phenoxy) is 2. The molecular formula is C130H97BN4O3. The Balaban J connectivity index is 0.753. The van der Waals surface area contributed by atoms with Gasteiger partial charge in [0.05, 0.1) is 45.0 Å². The highest BCUT2D eigenvalue weighted by molar-refractivity contribution is 7.00. The number of para-hydroxylation sites is 7. The van der Waals surface area contributed by atoms with Gasteiger partial charge in [0, 0.05) is 89.1 Å². The third-order valence-electron chi connectivity index (χ3n) is 32.1. The molecule has 7 heterocycles. The van der Waals surface area contributed by atoms with E-state index in [1.807, 2.05) is 0 Å². The molecule has 0 unspecified atom stereocenters. The second kappa shape index (κ2) is 28.7. The van der Waals surface area contributed by atoms with Gasteiger partial charge in [-0.25, -0.2) is 0 Å². The predicted molar refractivity (Wildman–Crippen MR) is 570 cm³/mol. The van der Waals surface area contributed by atoms with Crippen LogP contribution in [-0.4, -0.2) is 6.71 Å². The highest BCUT2D eigenvalue weighted by Gasteiger charge is 2.55. The van der Waals surface area contributed by atoms with E-state index in [0.717, 1.165) is 169 Å². The summed E-state index contributed by atoms with van der Waals surface area (Å²) in [7, 11) is 0. The zero-order valence-electron chi connectivity index (χ0n) is 78.8. The summed E-state index contributed by atoms with van der Waals surface area (Å²) in [6.45, 7) is 23.3. The Morgan fingerprint density at radius 2 is 0.572 bits per heavy atom. The Labute approximate surface area is 805 Å². The molecule has 658 valence electrons. The van der Waals surface area contributed by atoms with Gasteiger partial charge in [0.15, 0.2) is 0 Å². The van der Waals surface area contributed by atoms with Gasteiger partial charge in [-0.1, -0.05) is 348 Å². The lowest BCUT2D eigenvalue weighted by Gasteiger charge is -2.47. The molecule has 7 nitrogen and oxygen atoms in total. The van der Waals surface area contributed by atoms with Crippen LogP contribution in [-0.2, 0) is 32.5 Å². The SMILES string of the molecule is CC(C)(C)c1ccc(N2c3cc(N4c5ccccc5C(C)(C)c5ccccc54)ccc3B3c4ccc(N5c6ccccc6C(C)(C)c6ccccc65)cc4N(c4ccc(C(C)(C)C)cc4-c4ccc5c(c4)Oc4ccccc4C54c5ccccc5-c5ccccc54)c4cc(-c5ccc6oc7ccccc7c6c5)cc2c43)c(-c2ccc3c(c2)Oc2ccccc2C32c3ccccc3-c3ccccc32)c1. The summed E-state index contributed by atoms with van der Waals surface area (Å²) in [5.74, 6) is 3.33. The molecule has 2 spiro atoms. The van der Waals surface area contributed by atoms with E-state index in [1.165, 1.54) is 94.3 Å². The minimum Gasteiger partial charge on any atom is -0.457 e. The van der Waals surface area contributed by atoms with E-state index in [9.17, 15) is 0 Å². The quantitative estimate of drug-likeness (QED) is 0.147. The van der Waals surface area contributed by atoms with Crippen molar-refractivity contribution in [1.29, 1.82) is 0 Å². The largest absolute Gasteiger partial charge is 0.457 e. The smallest absolute Gasteiger partial charge is 0.252 e. The van der Waals surface area contributed by atoms with Crippen molar-refractivity contribution >= 4 is 113 Å². The maximum Gasteiger partial charge on any atom is 0.252 e. The fourth-order valence-electron chi connectivity index (χ4n) is 25.6. The first-order valence-electron chi connectivity index (χ1n) is 48.7. The molecule has 1 aromatic heterocycles. The molecule has 0 atom stereocenters. The van der Waals surface area contributed by atoms with E-state index in [4.69, 9.17) is 13.9 Å². The monoisotopic (exact) mass is 1770 g/mol. The molecule has 0 radical (unpaired) electrons. The zero-order valence-corrected chi connectivity index (χ0v) is 78.8. The number of furan rings is 1. The first kappa shape index (κ1) is 80.3. The second-order valence-corrected chi connectivity index (χ2v) is 42.1. The number of hydrogen-bond donors (Lipinski definition) is 0. The molecule has 0 saturated heterocycles. The van der Waals surface area contributed by atoms with Gasteiger partial charge in [0.2, 0.25) is 0 Å². The van der Waals surface area contributed by atoms with Gasteiger partial charge in [-0.2, -0.15) is 0 Å². The molecule has 6 aliphatic heterocycles. The molecule has 0 saturated carbocycles. The Kier molecular flexibility index (Phi) is 16.7. The zero-order chi connectivity index (χ0) is 92.5. The van der Waals surface area contributed by atoms with Crippen LogP contribution >= 0.6 is 0 Å². The maximum atomic E-state index is 7.57. The fourth-order valence-corrected chi connectivity index (χ4v) is 25.6. The lowest BCUT2D eigenvalue weighted by molar-refractivity contribution is 0.436. The van der Waals surface area contributed by atoms with E-state index in [1.54, 1.807) is 0 Å². The predicted octanol–water partition coefficient (Wildman–Crippen LogP) is 32.4. The van der Waals surface area contributed by atoms with Crippen LogP contribution in [0.15, 0.2) is 411 Å². The molecule has 2 aliphatic carbocycles. The van der Waals surface area contributed by atoms with Crippen molar-refractivity contribution in [1.82, 2.24) is 0 Å². The number of hydrogen-bond acceptors (Lipinski definition) is 7. The number of fused-ring (bicyclic) bond motifs is 29. The van der Waals surface area contributed by atoms with E-state index < -0.39 is 10.8 Å². The van der Waals surface area contributed by atoms with Crippen LogP contribution in [0.1, 0.15) is 147 Å². The summed E-state index contributed by atoms with van der Waals surface area (Å²) in [5.41, 5.74) is 43.9. The highest BCUT2D eigenvalue weighted by atomic mass is 16.5. The standard InChI is InChI=1S/C130H97BN4O3/c1-125(2,3)82-58-66-108(91(74-82)79-55-62-104-122(72-79)137-120-53-31-24-46-102(120)129(104)94-38-16-11-33-86(94)87-34-12-17-39-95(87)129)134-114-76-84(132-110-48-26-20-42-98(110)127(7,8)99-43-21-27-49-111(99)132)60-64-106(114)131-107-65-61-85(133-112-50-28-22-44-100(112)128(9,10)101-45-23-29-51-113(101)133)77-115(107)135(117-71-81(70-116(134)124(117)131)78-57-68-119-93(69-78)90-37-15-30-52-118(90)136-119)109-67-59-83(126(4,5)6)75-92(109)80-56-63-105-123(73-80)138-121-54-32-25-47-103(121)130(105)96-40-18-13-35-88(96)89-36-14-19-41-97(89)130/h11-77H,1-10H3. The number of rotatable bonds is 7. The van der Waals surface area contributed by atoms with Gasteiger partial charge >= 0.3 is 0 Å². The van der Waals surface area contributed by atoms with Gasteiger partial charge < -0.3 is 33.5 Å². The Morgan fingerprint density at radius 1 is 0.225 bits per heavy atom.